The van der Waals surface area contributed by atoms with Crippen molar-refractivity contribution in [3.05, 3.63) is 23.8 Å². The van der Waals surface area contributed by atoms with Crippen molar-refractivity contribution in [2.75, 3.05) is 11.9 Å². The van der Waals surface area contributed by atoms with Crippen LogP contribution in [0.1, 0.15) is 44.6 Å². The first-order valence-electron chi connectivity index (χ1n) is 7.36. The first-order chi connectivity index (χ1) is 9.56. The molecule has 1 aromatic carbocycles. The smallest absolute Gasteiger partial charge is 0.224 e. The van der Waals surface area contributed by atoms with E-state index < -0.39 is 0 Å². The van der Waals surface area contributed by atoms with Gasteiger partial charge < -0.3 is 16.2 Å². The maximum absolute atomic E-state index is 11.9. The lowest BCUT2D eigenvalue weighted by Gasteiger charge is -2.14. The summed E-state index contributed by atoms with van der Waals surface area (Å²) >= 11 is 0. The number of carbonyl (C=O) groups is 1. The van der Waals surface area contributed by atoms with Crippen molar-refractivity contribution < 1.29 is 9.90 Å². The third kappa shape index (κ3) is 5.61. The van der Waals surface area contributed by atoms with Crippen LogP contribution in [0.5, 0.6) is 5.75 Å². The molecule has 1 rings (SSSR count). The molecule has 112 valence electrons. The summed E-state index contributed by atoms with van der Waals surface area (Å²) in [5, 5.41) is 12.3. The van der Waals surface area contributed by atoms with Gasteiger partial charge in [-0.15, -0.1) is 0 Å². The zero-order chi connectivity index (χ0) is 15.0. The Morgan fingerprint density at radius 3 is 2.70 bits per heavy atom. The Balaban J connectivity index is 2.44. The second-order valence-corrected chi connectivity index (χ2v) is 5.32. The fourth-order valence-corrected chi connectivity index (χ4v) is 2.37. The quantitative estimate of drug-likeness (QED) is 0.639. The van der Waals surface area contributed by atoms with Crippen LogP contribution in [0.25, 0.3) is 0 Å². The number of nitrogens with two attached hydrogens (primary N) is 1. The number of aryl methyl sites for hydroxylation is 1. The molecular weight excluding hydrogens is 252 g/mol. The minimum absolute atomic E-state index is 0.0215. The van der Waals surface area contributed by atoms with Gasteiger partial charge in [0.05, 0.1) is 0 Å². The van der Waals surface area contributed by atoms with Gasteiger partial charge in [-0.25, -0.2) is 0 Å². The van der Waals surface area contributed by atoms with Crippen molar-refractivity contribution in [2.24, 2.45) is 11.7 Å². The summed E-state index contributed by atoms with van der Waals surface area (Å²) in [5.41, 5.74) is 7.09. The standard InChI is InChI=1S/C16H26N2O2/c1-3-4-13(9-10-17)5-8-16(20)18-14-6-7-15(19)12(2)11-14/h6-7,11,13,19H,3-5,8-10,17H2,1-2H3,(H,18,20). The second-order valence-electron chi connectivity index (χ2n) is 5.32. The summed E-state index contributed by atoms with van der Waals surface area (Å²) in [5.74, 6) is 0.805. The maximum Gasteiger partial charge on any atom is 0.224 e. The monoisotopic (exact) mass is 278 g/mol. The molecule has 0 aromatic heterocycles. The van der Waals surface area contributed by atoms with E-state index in [4.69, 9.17) is 5.73 Å². The van der Waals surface area contributed by atoms with Crippen LogP contribution in [0, 0.1) is 12.8 Å². The number of rotatable bonds is 8. The highest BCUT2D eigenvalue weighted by molar-refractivity contribution is 5.90. The van der Waals surface area contributed by atoms with Crippen LogP contribution in [0.4, 0.5) is 5.69 Å². The molecule has 20 heavy (non-hydrogen) atoms. The zero-order valence-electron chi connectivity index (χ0n) is 12.5. The highest BCUT2D eigenvalue weighted by Crippen LogP contribution is 2.21. The van der Waals surface area contributed by atoms with E-state index in [0.717, 1.165) is 36.9 Å². The van der Waals surface area contributed by atoms with Gasteiger partial charge in [0, 0.05) is 12.1 Å². The molecule has 1 amide bonds. The van der Waals surface area contributed by atoms with Crippen molar-refractivity contribution in [2.45, 2.75) is 46.0 Å². The van der Waals surface area contributed by atoms with Gasteiger partial charge in [-0.3, -0.25) is 4.79 Å². The van der Waals surface area contributed by atoms with Crippen LogP contribution < -0.4 is 11.1 Å². The van der Waals surface area contributed by atoms with E-state index in [1.165, 1.54) is 0 Å². The van der Waals surface area contributed by atoms with Crippen LogP contribution in [0.2, 0.25) is 0 Å². The van der Waals surface area contributed by atoms with E-state index >= 15 is 0 Å². The number of phenolic OH excluding ortho intramolecular Hbond substituents is 1. The normalized spacial score (nSPS) is 12.2. The van der Waals surface area contributed by atoms with Crippen molar-refractivity contribution >= 4 is 11.6 Å². The number of aromatic hydroxyl groups is 1. The summed E-state index contributed by atoms with van der Waals surface area (Å²) in [6, 6.07) is 5.08. The van der Waals surface area contributed by atoms with Gasteiger partial charge in [0.2, 0.25) is 5.91 Å². The van der Waals surface area contributed by atoms with Crippen molar-refractivity contribution in [3.8, 4) is 5.75 Å². The van der Waals surface area contributed by atoms with Crippen LogP contribution in [-0.4, -0.2) is 17.6 Å². The average Bonchev–Trinajstić information content (AvgIpc) is 2.41. The number of carbonyl (C=O) groups excluding carboxylic acids is 1. The van der Waals surface area contributed by atoms with Crippen molar-refractivity contribution in [1.82, 2.24) is 0 Å². The molecular formula is C16H26N2O2. The average molecular weight is 278 g/mol. The van der Waals surface area contributed by atoms with E-state index in [1.807, 2.05) is 6.92 Å². The highest BCUT2D eigenvalue weighted by atomic mass is 16.3. The van der Waals surface area contributed by atoms with E-state index in [-0.39, 0.29) is 11.7 Å². The number of benzene rings is 1. The molecule has 0 bridgehead atoms. The van der Waals surface area contributed by atoms with Crippen molar-refractivity contribution in [3.63, 3.8) is 0 Å². The number of anilines is 1. The predicted octanol–water partition coefficient (Wildman–Crippen LogP) is 3.18. The van der Waals surface area contributed by atoms with Gasteiger partial charge in [-0.1, -0.05) is 19.8 Å². The number of phenols is 1. The molecule has 0 saturated heterocycles. The van der Waals surface area contributed by atoms with Gasteiger partial charge in [0.15, 0.2) is 0 Å². The van der Waals surface area contributed by atoms with E-state index in [0.29, 0.717) is 18.9 Å². The minimum Gasteiger partial charge on any atom is -0.508 e. The SMILES string of the molecule is CCCC(CCN)CCC(=O)Nc1ccc(O)c(C)c1. The van der Waals surface area contributed by atoms with Crippen LogP contribution >= 0.6 is 0 Å². The second kappa shape index (κ2) is 8.59. The Labute approximate surface area is 121 Å². The molecule has 0 fully saturated rings. The van der Waals surface area contributed by atoms with E-state index in [2.05, 4.69) is 12.2 Å². The molecule has 0 saturated carbocycles. The molecule has 4 nitrogen and oxygen atoms in total. The lowest BCUT2D eigenvalue weighted by molar-refractivity contribution is -0.116. The molecule has 0 heterocycles. The Hall–Kier alpha value is -1.55. The summed E-state index contributed by atoms with van der Waals surface area (Å²) < 4.78 is 0. The third-order valence-electron chi connectivity index (χ3n) is 3.53. The molecule has 4 heteroatoms. The molecule has 0 aliphatic carbocycles. The maximum atomic E-state index is 11.9. The van der Waals surface area contributed by atoms with Gasteiger partial charge in [-0.05, 0) is 56.0 Å². The number of nitrogens with one attached hydrogen (secondary N) is 1. The molecule has 4 N–H and O–H groups in total. The van der Waals surface area contributed by atoms with E-state index in [9.17, 15) is 9.90 Å². The molecule has 0 aliphatic rings. The minimum atomic E-state index is 0.0215. The molecule has 1 aromatic rings. The molecule has 1 atom stereocenters. The van der Waals surface area contributed by atoms with Gasteiger partial charge in [-0.2, -0.15) is 0 Å². The molecule has 0 spiro atoms. The molecule has 0 radical (unpaired) electrons. The van der Waals surface area contributed by atoms with Crippen LogP contribution in [-0.2, 0) is 4.79 Å². The third-order valence-corrected chi connectivity index (χ3v) is 3.53. The Kier molecular flexibility index (Phi) is 7.09. The lowest BCUT2D eigenvalue weighted by Crippen LogP contribution is -2.15. The van der Waals surface area contributed by atoms with Crippen LogP contribution in [0.15, 0.2) is 18.2 Å². The van der Waals surface area contributed by atoms with E-state index in [1.54, 1.807) is 18.2 Å². The van der Waals surface area contributed by atoms with Gasteiger partial charge in [0.1, 0.15) is 5.75 Å². The topological polar surface area (TPSA) is 75.4 Å². The summed E-state index contributed by atoms with van der Waals surface area (Å²) in [7, 11) is 0. The first-order valence-corrected chi connectivity index (χ1v) is 7.36. The summed E-state index contributed by atoms with van der Waals surface area (Å²) in [6.07, 6.45) is 4.64. The fourth-order valence-electron chi connectivity index (χ4n) is 2.37. The predicted molar refractivity (Wildman–Crippen MR) is 82.8 cm³/mol. The largest absolute Gasteiger partial charge is 0.508 e. The molecule has 1 unspecified atom stereocenters. The Bertz CT molecular complexity index is 426. The summed E-state index contributed by atoms with van der Waals surface area (Å²) in [6.45, 7) is 4.65. The zero-order valence-corrected chi connectivity index (χ0v) is 12.5. The highest BCUT2D eigenvalue weighted by Gasteiger charge is 2.10. The first kappa shape index (κ1) is 16.5. The van der Waals surface area contributed by atoms with Gasteiger partial charge in [0.25, 0.3) is 0 Å². The Morgan fingerprint density at radius 1 is 1.35 bits per heavy atom. The Morgan fingerprint density at radius 2 is 2.10 bits per heavy atom. The lowest BCUT2D eigenvalue weighted by atomic mass is 9.94. The number of hydrogen-bond donors (Lipinski definition) is 3. The molecule has 0 aliphatic heterocycles. The van der Waals surface area contributed by atoms with Crippen molar-refractivity contribution in [1.29, 1.82) is 0 Å². The summed E-state index contributed by atoms with van der Waals surface area (Å²) in [4.78, 5) is 11.9. The number of amides is 1. The fraction of sp³-hybridized carbons (Fsp3) is 0.562. The number of hydrogen-bond acceptors (Lipinski definition) is 3. The van der Waals surface area contributed by atoms with Gasteiger partial charge >= 0.3 is 0 Å². The van der Waals surface area contributed by atoms with Crippen LogP contribution in [0.3, 0.4) is 0 Å².